The number of aryl methyl sites for hydroxylation is 1. The van der Waals surface area contributed by atoms with Gasteiger partial charge in [-0.3, -0.25) is 14.4 Å². The minimum Gasteiger partial charge on any atom is -0.299 e. The van der Waals surface area contributed by atoms with E-state index in [1.54, 1.807) is 0 Å². The van der Waals surface area contributed by atoms with Crippen LogP contribution in [-0.4, -0.2) is 33.6 Å². The van der Waals surface area contributed by atoms with Crippen molar-refractivity contribution in [3.8, 4) is 0 Å². The van der Waals surface area contributed by atoms with Crippen LogP contribution in [0.2, 0.25) is 0 Å². The van der Waals surface area contributed by atoms with Crippen molar-refractivity contribution >= 4 is 16.7 Å². The number of hydrogen-bond acceptors (Lipinski definition) is 3. The number of Topliss-reactive ketones (excluding diaryl/α,β-unsaturated/α-hetero) is 1. The summed E-state index contributed by atoms with van der Waals surface area (Å²) in [5.74, 6) is 0.547. The molecule has 1 fully saturated rings. The minimum absolute atomic E-state index is 0.156. The highest BCUT2D eigenvalue weighted by Gasteiger charge is 2.24. The lowest BCUT2D eigenvalue weighted by Crippen LogP contribution is -2.39. The molecule has 1 saturated heterocycles. The van der Waals surface area contributed by atoms with Crippen molar-refractivity contribution in [2.45, 2.75) is 19.9 Å². The number of carbonyl (C=O) groups is 1. The second kappa shape index (κ2) is 4.78. The summed E-state index contributed by atoms with van der Waals surface area (Å²) in [5, 5.41) is 5.84. The summed E-state index contributed by atoms with van der Waals surface area (Å²) >= 11 is 0. The van der Waals surface area contributed by atoms with E-state index in [0.717, 1.165) is 25.3 Å². The van der Waals surface area contributed by atoms with Crippen molar-refractivity contribution in [3.63, 3.8) is 0 Å². The molecule has 1 unspecified atom stereocenters. The van der Waals surface area contributed by atoms with Gasteiger partial charge in [-0.15, -0.1) is 0 Å². The van der Waals surface area contributed by atoms with Crippen LogP contribution in [0, 0.1) is 5.92 Å². The summed E-state index contributed by atoms with van der Waals surface area (Å²) in [4.78, 5) is 13.9. The van der Waals surface area contributed by atoms with Gasteiger partial charge in [0.05, 0.1) is 11.2 Å². The predicted octanol–water partition coefficient (Wildman–Crippen LogP) is 1.98. The molecule has 2 aromatic rings. The Morgan fingerprint density at radius 2 is 2.16 bits per heavy atom. The number of nitrogens with zero attached hydrogens (tertiary/aromatic N) is 3. The monoisotopic (exact) mass is 257 g/mol. The number of para-hydroxylation sites is 1. The maximum atomic E-state index is 11.6. The van der Waals surface area contributed by atoms with Gasteiger partial charge < -0.3 is 0 Å². The zero-order valence-electron chi connectivity index (χ0n) is 11.5. The third-order valence-corrected chi connectivity index (χ3v) is 3.96. The van der Waals surface area contributed by atoms with Crippen molar-refractivity contribution in [1.29, 1.82) is 0 Å². The lowest BCUT2D eigenvalue weighted by molar-refractivity contribution is -0.125. The molecule has 1 aliphatic rings. The molecule has 0 radical (unpaired) electrons. The van der Waals surface area contributed by atoms with Crippen LogP contribution in [-0.2, 0) is 18.4 Å². The molecule has 2 heterocycles. The highest BCUT2D eigenvalue weighted by molar-refractivity contribution is 5.82. The molecule has 0 spiro atoms. The Kier molecular flexibility index (Phi) is 3.11. The molecule has 0 saturated carbocycles. The quantitative estimate of drug-likeness (QED) is 0.825. The van der Waals surface area contributed by atoms with E-state index in [-0.39, 0.29) is 5.92 Å². The molecular formula is C15H19N3O. The Balaban J connectivity index is 1.84. The molecule has 1 atom stereocenters. The Hall–Kier alpha value is -1.68. The average molecular weight is 257 g/mol. The fourth-order valence-corrected chi connectivity index (χ4v) is 2.86. The van der Waals surface area contributed by atoms with Gasteiger partial charge >= 0.3 is 0 Å². The van der Waals surface area contributed by atoms with Crippen LogP contribution in [0.1, 0.15) is 19.0 Å². The maximum absolute atomic E-state index is 11.6. The van der Waals surface area contributed by atoms with E-state index in [2.05, 4.69) is 28.2 Å². The van der Waals surface area contributed by atoms with Crippen molar-refractivity contribution in [2.24, 2.45) is 13.0 Å². The topological polar surface area (TPSA) is 38.1 Å². The van der Waals surface area contributed by atoms with Crippen LogP contribution in [0.5, 0.6) is 0 Å². The molecule has 1 aliphatic heterocycles. The van der Waals surface area contributed by atoms with E-state index in [9.17, 15) is 4.79 Å². The van der Waals surface area contributed by atoms with E-state index in [4.69, 9.17) is 0 Å². The molecule has 4 nitrogen and oxygen atoms in total. The van der Waals surface area contributed by atoms with Crippen LogP contribution >= 0.6 is 0 Å². The Morgan fingerprint density at radius 3 is 2.95 bits per heavy atom. The summed E-state index contributed by atoms with van der Waals surface area (Å²) in [6, 6.07) is 8.30. The summed E-state index contributed by atoms with van der Waals surface area (Å²) in [5.41, 5.74) is 2.28. The van der Waals surface area contributed by atoms with Crippen molar-refractivity contribution in [3.05, 3.63) is 30.0 Å². The molecule has 1 aromatic heterocycles. The van der Waals surface area contributed by atoms with Gasteiger partial charge in [0.15, 0.2) is 0 Å². The third-order valence-electron chi connectivity index (χ3n) is 3.96. The zero-order valence-corrected chi connectivity index (χ0v) is 11.5. The molecule has 19 heavy (non-hydrogen) atoms. The Labute approximate surface area is 113 Å². The highest BCUT2D eigenvalue weighted by Crippen LogP contribution is 2.21. The number of fused-ring (bicyclic) bond motifs is 1. The smallest absolute Gasteiger partial charge is 0.138 e. The molecule has 0 bridgehead atoms. The normalized spacial score (nSPS) is 21.2. The van der Waals surface area contributed by atoms with Crippen LogP contribution in [0.25, 0.3) is 10.9 Å². The molecule has 0 N–H and O–H groups in total. The first kappa shape index (κ1) is 12.4. The average Bonchev–Trinajstić information content (AvgIpc) is 2.72. The number of rotatable bonds is 2. The first-order chi connectivity index (χ1) is 9.15. The third kappa shape index (κ3) is 2.28. The van der Waals surface area contributed by atoms with Gasteiger partial charge in [0.2, 0.25) is 0 Å². The summed E-state index contributed by atoms with van der Waals surface area (Å²) in [6.07, 6.45) is 0.673. The molecule has 0 aliphatic carbocycles. The number of piperidine rings is 1. The van der Waals surface area contributed by atoms with Crippen LogP contribution in [0.4, 0.5) is 0 Å². The van der Waals surface area contributed by atoms with Gasteiger partial charge in [0.1, 0.15) is 5.78 Å². The van der Waals surface area contributed by atoms with Gasteiger partial charge in [-0.2, -0.15) is 5.10 Å². The van der Waals surface area contributed by atoms with Crippen LogP contribution < -0.4 is 0 Å². The van der Waals surface area contributed by atoms with Crippen molar-refractivity contribution in [1.82, 2.24) is 14.7 Å². The number of hydrogen-bond donors (Lipinski definition) is 0. The first-order valence-electron chi connectivity index (χ1n) is 6.81. The van der Waals surface area contributed by atoms with Gasteiger partial charge in [0.25, 0.3) is 0 Å². The summed E-state index contributed by atoms with van der Waals surface area (Å²) in [6.45, 7) is 4.56. The molecule has 0 amide bonds. The molecular weight excluding hydrogens is 238 g/mol. The van der Waals surface area contributed by atoms with Crippen LogP contribution in [0.3, 0.4) is 0 Å². The fourth-order valence-electron chi connectivity index (χ4n) is 2.86. The number of ketones is 1. The number of likely N-dealkylation sites (tertiary alicyclic amines) is 1. The SMILES string of the molecule is CC1CN(Cc2nn(C)c3ccccc23)CCC1=O. The molecule has 100 valence electrons. The fraction of sp³-hybridized carbons (Fsp3) is 0.467. The van der Waals surface area contributed by atoms with Crippen molar-refractivity contribution in [2.75, 3.05) is 13.1 Å². The summed E-state index contributed by atoms with van der Waals surface area (Å²) < 4.78 is 1.93. The van der Waals surface area contributed by atoms with E-state index in [1.165, 1.54) is 10.9 Å². The molecule has 4 heteroatoms. The lowest BCUT2D eigenvalue weighted by Gasteiger charge is -2.29. The van der Waals surface area contributed by atoms with Gasteiger partial charge in [-0.25, -0.2) is 0 Å². The summed E-state index contributed by atoms with van der Waals surface area (Å²) in [7, 11) is 1.98. The standard InChI is InChI=1S/C15H19N3O/c1-11-9-18(8-7-15(11)19)10-13-12-5-3-4-6-14(12)17(2)16-13/h3-6,11H,7-10H2,1-2H3. The largest absolute Gasteiger partial charge is 0.299 e. The van der Waals surface area contributed by atoms with Crippen molar-refractivity contribution < 1.29 is 4.79 Å². The molecule has 1 aromatic carbocycles. The van der Waals surface area contributed by atoms with E-state index in [1.807, 2.05) is 24.7 Å². The first-order valence-corrected chi connectivity index (χ1v) is 6.81. The maximum Gasteiger partial charge on any atom is 0.138 e. The van der Waals surface area contributed by atoms with Gasteiger partial charge in [0, 0.05) is 44.4 Å². The van der Waals surface area contributed by atoms with Crippen LogP contribution in [0.15, 0.2) is 24.3 Å². The van der Waals surface area contributed by atoms with E-state index < -0.39 is 0 Å². The second-order valence-corrected chi connectivity index (χ2v) is 5.44. The Bertz CT molecular complexity index is 617. The van der Waals surface area contributed by atoms with Gasteiger partial charge in [-0.1, -0.05) is 25.1 Å². The predicted molar refractivity (Wildman–Crippen MR) is 74.8 cm³/mol. The van der Waals surface area contributed by atoms with Gasteiger partial charge in [-0.05, 0) is 6.07 Å². The Morgan fingerprint density at radius 1 is 1.37 bits per heavy atom. The number of aromatic nitrogens is 2. The minimum atomic E-state index is 0.156. The highest BCUT2D eigenvalue weighted by atomic mass is 16.1. The number of benzene rings is 1. The van der Waals surface area contributed by atoms with E-state index >= 15 is 0 Å². The zero-order chi connectivity index (χ0) is 13.4. The van der Waals surface area contributed by atoms with E-state index in [0.29, 0.717) is 12.2 Å². The second-order valence-electron chi connectivity index (χ2n) is 5.44. The lowest BCUT2D eigenvalue weighted by atomic mass is 9.98. The molecule has 3 rings (SSSR count). The number of carbonyl (C=O) groups excluding carboxylic acids is 1.